The second-order valence-corrected chi connectivity index (χ2v) is 3.74. The largest absolute Gasteiger partial charge is 0.237 e. The summed E-state index contributed by atoms with van der Waals surface area (Å²) in [6, 6.07) is 3.98. The molecule has 0 saturated heterocycles. The average molecular weight is 203 g/mol. The summed E-state index contributed by atoms with van der Waals surface area (Å²) in [5.41, 5.74) is 1.21. The molecule has 0 spiro atoms. The Morgan fingerprint density at radius 2 is 2.07 bits per heavy atom. The Balaban J connectivity index is 2.36. The van der Waals surface area contributed by atoms with Gasteiger partial charge in [0.25, 0.3) is 0 Å². The van der Waals surface area contributed by atoms with Crippen LogP contribution in [-0.2, 0) is 0 Å². The first kappa shape index (κ1) is 9.76. The van der Waals surface area contributed by atoms with Crippen molar-refractivity contribution in [3.63, 3.8) is 0 Å². The zero-order valence-electron chi connectivity index (χ0n) is 9.05. The first-order chi connectivity index (χ1) is 7.18. The van der Waals surface area contributed by atoms with Gasteiger partial charge in [0.2, 0.25) is 0 Å². The van der Waals surface area contributed by atoms with Crippen molar-refractivity contribution in [1.82, 2.24) is 25.2 Å². The molecule has 0 aromatic carbocycles. The highest BCUT2D eigenvalue weighted by atomic mass is 15.5. The molecule has 0 saturated carbocycles. The van der Waals surface area contributed by atoms with E-state index in [1.807, 2.05) is 25.3 Å². The second-order valence-electron chi connectivity index (χ2n) is 3.74. The van der Waals surface area contributed by atoms with Gasteiger partial charge in [0, 0.05) is 6.20 Å². The van der Waals surface area contributed by atoms with E-state index in [0.29, 0.717) is 5.92 Å². The number of hydrogen-bond donors (Lipinski definition) is 0. The normalized spacial score (nSPS) is 10.9. The van der Waals surface area contributed by atoms with Gasteiger partial charge in [0.1, 0.15) is 0 Å². The Hall–Kier alpha value is -1.78. The molecular weight excluding hydrogens is 190 g/mol. The SMILES string of the molecule is Cc1nnnn1-c1ccc(C(C)C)cn1. The number of tetrazole rings is 1. The van der Waals surface area contributed by atoms with E-state index in [-0.39, 0.29) is 0 Å². The van der Waals surface area contributed by atoms with E-state index in [4.69, 9.17) is 0 Å². The van der Waals surface area contributed by atoms with Gasteiger partial charge < -0.3 is 0 Å². The summed E-state index contributed by atoms with van der Waals surface area (Å²) in [6.07, 6.45) is 1.86. The smallest absolute Gasteiger partial charge is 0.157 e. The highest BCUT2D eigenvalue weighted by Crippen LogP contribution is 2.14. The lowest BCUT2D eigenvalue weighted by Crippen LogP contribution is -2.02. The summed E-state index contributed by atoms with van der Waals surface area (Å²) >= 11 is 0. The van der Waals surface area contributed by atoms with Crippen molar-refractivity contribution >= 4 is 0 Å². The zero-order valence-corrected chi connectivity index (χ0v) is 9.05. The van der Waals surface area contributed by atoms with E-state index in [9.17, 15) is 0 Å². The van der Waals surface area contributed by atoms with E-state index in [1.54, 1.807) is 4.68 Å². The van der Waals surface area contributed by atoms with Crippen molar-refractivity contribution in [3.05, 3.63) is 29.7 Å². The standard InChI is InChI=1S/C10H13N5/c1-7(2)9-4-5-10(11-6-9)15-8(3)12-13-14-15/h4-7H,1-3H3. The third-order valence-electron chi connectivity index (χ3n) is 2.28. The third-order valence-corrected chi connectivity index (χ3v) is 2.28. The maximum atomic E-state index is 4.32. The topological polar surface area (TPSA) is 56.5 Å². The first-order valence-corrected chi connectivity index (χ1v) is 4.90. The predicted octanol–water partition coefficient (Wildman–Crippen LogP) is 1.49. The number of rotatable bonds is 2. The van der Waals surface area contributed by atoms with Crippen molar-refractivity contribution in [2.24, 2.45) is 0 Å². The van der Waals surface area contributed by atoms with Crippen LogP contribution in [0.4, 0.5) is 0 Å². The Bertz CT molecular complexity index is 443. The number of nitrogens with zero attached hydrogens (tertiary/aromatic N) is 5. The molecule has 0 bridgehead atoms. The summed E-state index contributed by atoms with van der Waals surface area (Å²) in [5, 5.41) is 11.2. The molecule has 2 rings (SSSR count). The summed E-state index contributed by atoms with van der Waals surface area (Å²) in [4.78, 5) is 4.32. The highest BCUT2D eigenvalue weighted by molar-refractivity contribution is 5.26. The Labute approximate surface area is 88.2 Å². The molecule has 78 valence electrons. The Morgan fingerprint density at radius 3 is 2.53 bits per heavy atom. The van der Waals surface area contributed by atoms with E-state index in [2.05, 4.69) is 34.4 Å². The fourth-order valence-electron chi connectivity index (χ4n) is 1.31. The highest BCUT2D eigenvalue weighted by Gasteiger charge is 2.05. The average Bonchev–Trinajstić information content (AvgIpc) is 2.65. The lowest BCUT2D eigenvalue weighted by Gasteiger charge is -2.05. The summed E-state index contributed by atoms with van der Waals surface area (Å²) < 4.78 is 1.62. The molecule has 0 atom stereocenters. The van der Waals surface area contributed by atoms with Crippen molar-refractivity contribution in [2.75, 3.05) is 0 Å². The van der Waals surface area contributed by atoms with Crippen LogP contribution >= 0.6 is 0 Å². The molecule has 0 unspecified atom stereocenters. The van der Waals surface area contributed by atoms with E-state index >= 15 is 0 Å². The van der Waals surface area contributed by atoms with Crippen LogP contribution in [0.2, 0.25) is 0 Å². The molecule has 0 amide bonds. The van der Waals surface area contributed by atoms with Gasteiger partial charge in [-0.2, -0.15) is 4.68 Å². The van der Waals surface area contributed by atoms with Crippen LogP contribution in [0.3, 0.4) is 0 Å². The lowest BCUT2D eigenvalue weighted by atomic mass is 10.1. The van der Waals surface area contributed by atoms with Gasteiger partial charge in [0.05, 0.1) is 0 Å². The minimum absolute atomic E-state index is 0.488. The van der Waals surface area contributed by atoms with Gasteiger partial charge in [-0.05, 0) is 34.9 Å². The number of aromatic nitrogens is 5. The number of pyridine rings is 1. The molecule has 5 heteroatoms. The van der Waals surface area contributed by atoms with Gasteiger partial charge in [-0.15, -0.1) is 5.10 Å². The van der Waals surface area contributed by atoms with Crippen LogP contribution in [0, 0.1) is 6.92 Å². The van der Waals surface area contributed by atoms with Crippen molar-refractivity contribution < 1.29 is 0 Å². The Morgan fingerprint density at radius 1 is 1.27 bits per heavy atom. The molecule has 0 fully saturated rings. The molecule has 15 heavy (non-hydrogen) atoms. The minimum Gasteiger partial charge on any atom is -0.237 e. The maximum absolute atomic E-state index is 4.32. The van der Waals surface area contributed by atoms with Crippen LogP contribution in [-0.4, -0.2) is 25.2 Å². The molecule has 0 aliphatic carbocycles. The van der Waals surface area contributed by atoms with Crippen LogP contribution in [0.5, 0.6) is 0 Å². The molecule has 2 heterocycles. The van der Waals surface area contributed by atoms with Gasteiger partial charge in [0.15, 0.2) is 11.6 Å². The molecular formula is C10H13N5. The molecule has 2 aromatic rings. The maximum Gasteiger partial charge on any atom is 0.157 e. The molecule has 0 N–H and O–H groups in total. The van der Waals surface area contributed by atoms with Crippen LogP contribution in [0.1, 0.15) is 31.2 Å². The first-order valence-electron chi connectivity index (χ1n) is 4.90. The molecule has 2 aromatic heterocycles. The van der Waals surface area contributed by atoms with Crippen LogP contribution in [0.15, 0.2) is 18.3 Å². The predicted molar refractivity (Wildman–Crippen MR) is 55.8 cm³/mol. The molecule has 0 radical (unpaired) electrons. The van der Waals surface area contributed by atoms with Gasteiger partial charge in [-0.25, -0.2) is 4.98 Å². The summed E-state index contributed by atoms with van der Waals surface area (Å²) in [5.74, 6) is 1.98. The van der Waals surface area contributed by atoms with E-state index < -0.39 is 0 Å². The molecule has 0 aliphatic heterocycles. The minimum atomic E-state index is 0.488. The molecule has 0 aliphatic rings. The monoisotopic (exact) mass is 203 g/mol. The van der Waals surface area contributed by atoms with E-state index in [1.165, 1.54) is 5.56 Å². The fourth-order valence-corrected chi connectivity index (χ4v) is 1.31. The van der Waals surface area contributed by atoms with E-state index in [0.717, 1.165) is 11.6 Å². The van der Waals surface area contributed by atoms with Gasteiger partial charge in [-0.1, -0.05) is 19.9 Å². The van der Waals surface area contributed by atoms with Crippen LogP contribution < -0.4 is 0 Å². The third kappa shape index (κ3) is 1.86. The molecule has 5 nitrogen and oxygen atoms in total. The van der Waals surface area contributed by atoms with Gasteiger partial charge >= 0.3 is 0 Å². The summed E-state index contributed by atoms with van der Waals surface area (Å²) in [7, 11) is 0. The Kier molecular flexibility index (Phi) is 2.45. The lowest BCUT2D eigenvalue weighted by molar-refractivity contribution is 0.755. The van der Waals surface area contributed by atoms with Crippen molar-refractivity contribution in [1.29, 1.82) is 0 Å². The van der Waals surface area contributed by atoms with Crippen LogP contribution in [0.25, 0.3) is 5.82 Å². The summed E-state index contributed by atoms with van der Waals surface area (Å²) in [6.45, 7) is 6.12. The van der Waals surface area contributed by atoms with Crippen molar-refractivity contribution in [2.45, 2.75) is 26.7 Å². The van der Waals surface area contributed by atoms with Gasteiger partial charge in [-0.3, -0.25) is 0 Å². The quantitative estimate of drug-likeness (QED) is 0.742. The van der Waals surface area contributed by atoms with Crippen molar-refractivity contribution in [3.8, 4) is 5.82 Å². The zero-order chi connectivity index (χ0) is 10.8. The fraction of sp³-hybridized carbons (Fsp3) is 0.400. The number of hydrogen-bond acceptors (Lipinski definition) is 4. The second kappa shape index (κ2) is 3.76. The number of aryl methyl sites for hydroxylation is 1.